The van der Waals surface area contributed by atoms with E-state index in [2.05, 4.69) is 4.74 Å². The van der Waals surface area contributed by atoms with Crippen molar-refractivity contribution in [2.75, 3.05) is 7.11 Å². The van der Waals surface area contributed by atoms with E-state index in [1.807, 2.05) is 0 Å². The van der Waals surface area contributed by atoms with Gasteiger partial charge in [0.05, 0.1) is 13.4 Å². The van der Waals surface area contributed by atoms with Crippen molar-refractivity contribution in [3.63, 3.8) is 0 Å². The molecule has 0 aliphatic carbocycles. The molecule has 5 nitrogen and oxygen atoms in total. The van der Waals surface area contributed by atoms with Crippen molar-refractivity contribution in [1.29, 1.82) is 5.26 Å². The second-order valence-electron chi connectivity index (χ2n) is 1.48. The molecule has 0 radical (unpaired) electrons. The summed E-state index contributed by atoms with van der Waals surface area (Å²) in [6, 6.07) is 1.16. The van der Waals surface area contributed by atoms with Crippen molar-refractivity contribution < 1.29 is 19.4 Å². The number of nitriles is 1. The Morgan fingerprint density at radius 1 is 1.64 bits per heavy atom. The second kappa shape index (κ2) is 4.06. The molecule has 0 heterocycles. The number of ether oxygens (including phenoxy) is 1. The molecule has 0 spiro atoms. The number of carbonyl (C=O) groups is 2. The van der Waals surface area contributed by atoms with Crippen LogP contribution in [0.25, 0.3) is 0 Å². The van der Waals surface area contributed by atoms with Crippen LogP contribution in [0.1, 0.15) is 0 Å². The first kappa shape index (κ1) is 9.17. The van der Waals surface area contributed by atoms with Gasteiger partial charge in [-0.15, -0.1) is 0 Å². The fourth-order valence-electron chi connectivity index (χ4n) is 0.374. The molecule has 1 N–H and O–H groups in total. The third-order valence-electron chi connectivity index (χ3n) is 0.881. The summed E-state index contributed by atoms with van der Waals surface area (Å²) in [5.74, 6) is -2.15. The minimum absolute atomic E-state index is 0.247. The molecule has 0 amide bonds. The summed E-state index contributed by atoms with van der Waals surface area (Å²) >= 11 is 0. The molecule has 0 aliphatic heterocycles. The van der Waals surface area contributed by atoms with Crippen LogP contribution < -0.4 is 0 Å². The molecule has 0 aromatic carbocycles. The van der Waals surface area contributed by atoms with Crippen LogP contribution in [0.5, 0.6) is 0 Å². The van der Waals surface area contributed by atoms with Crippen LogP contribution in [0.2, 0.25) is 0 Å². The first-order chi connectivity index (χ1) is 5.17. The van der Waals surface area contributed by atoms with Gasteiger partial charge in [-0.05, 0) is 0 Å². The van der Waals surface area contributed by atoms with Crippen LogP contribution >= 0.6 is 0 Å². The Morgan fingerprint density at radius 2 is 2.18 bits per heavy atom. The van der Waals surface area contributed by atoms with Crippen molar-refractivity contribution in [2.45, 2.75) is 0 Å². The predicted octanol–water partition coefficient (Wildman–Crippen LogP) is -0.306. The van der Waals surface area contributed by atoms with Crippen molar-refractivity contribution in [2.24, 2.45) is 0 Å². The highest BCUT2D eigenvalue weighted by Gasteiger charge is 2.18. The minimum Gasteiger partial charge on any atom is -0.515 e. The van der Waals surface area contributed by atoms with Crippen molar-refractivity contribution in [3.8, 4) is 6.07 Å². The first-order valence-corrected chi connectivity index (χ1v) is 2.54. The van der Waals surface area contributed by atoms with Crippen LogP contribution in [-0.4, -0.2) is 24.0 Å². The number of esters is 1. The number of aliphatic hydroxyl groups excluding tert-OH is 1. The van der Waals surface area contributed by atoms with Crippen LogP contribution in [0, 0.1) is 11.3 Å². The van der Waals surface area contributed by atoms with Gasteiger partial charge in [-0.1, -0.05) is 0 Å². The standard InChI is InChI=1S/C6H5NO4/c1-11-6(10)4(3-8)5(9)2-7/h3,8H,1H3. The van der Waals surface area contributed by atoms with Crippen molar-refractivity contribution in [1.82, 2.24) is 0 Å². The minimum atomic E-state index is -1.13. The lowest BCUT2D eigenvalue weighted by atomic mass is 10.2. The molecule has 0 aromatic rings. The lowest BCUT2D eigenvalue weighted by Crippen LogP contribution is -2.12. The number of nitrogens with zero attached hydrogens (tertiary/aromatic N) is 1. The van der Waals surface area contributed by atoms with Gasteiger partial charge < -0.3 is 9.84 Å². The molecule has 0 saturated heterocycles. The van der Waals surface area contributed by atoms with E-state index >= 15 is 0 Å². The van der Waals surface area contributed by atoms with Gasteiger partial charge in [-0.3, -0.25) is 4.79 Å². The van der Waals surface area contributed by atoms with Gasteiger partial charge in [0.15, 0.2) is 5.57 Å². The lowest BCUT2D eigenvalue weighted by molar-refractivity contribution is -0.137. The van der Waals surface area contributed by atoms with Gasteiger partial charge in [-0.2, -0.15) is 5.26 Å². The summed E-state index contributed by atoms with van der Waals surface area (Å²) in [5.41, 5.74) is -0.671. The molecule has 0 rings (SSSR count). The van der Waals surface area contributed by atoms with Gasteiger partial charge in [0.1, 0.15) is 6.07 Å². The maximum Gasteiger partial charge on any atom is 0.345 e. The Balaban J connectivity index is 4.61. The Hall–Kier alpha value is -1.83. The van der Waals surface area contributed by atoms with Crippen LogP contribution in [-0.2, 0) is 14.3 Å². The summed E-state index contributed by atoms with van der Waals surface area (Å²) in [6.07, 6.45) is 0.247. The van der Waals surface area contributed by atoms with Crippen LogP contribution in [0.4, 0.5) is 0 Å². The molecule has 0 atom stereocenters. The molecule has 0 fully saturated rings. The number of methoxy groups -OCH3 is 1. The quantitative estimate of drug-likeness (QED) is 0.148. The van der Waals surface area contributed by atoms with Gasteiger partial charge in [0, 0.05) is 0 Å². The van der Waals surface area contributed by atoms with Crippen molar-refractivity contribution >= 4 is 11.8 Å². The Morgan fingerprint density at radius 3 is 2.45 bits per heavy atom. The molecule has 0 bridgehead atoms. The molecule has 0 aliphatic rings. The number of ketones is 1. The zero-order chi connectivity index (χ0) is 8.85. The zero-order valence-electron chi connectivity index (χ0n) is 5.70. The Kier molecular flexibility index (Phi) is 3.39. The van der Waals surface area contributed by atoms with Gasteiger partial charge in [0.25, 0.3) is 5.78 Å². The largest absolute Gasteiger partial charge is 0.515 e. The third kappa shape index (κ3) is 2.10. The Labute approximate surface area is 62.5 Å². The van der Waals surface area contributed by atoms with E-state index in [-0.39, 0.29) is 6.26 Å². The van der Waals surface area contributed by atoms with E-state index in [0.29, 0.717) is 0 Å². The van der Waals surface area contributed by atoms with Crippen LogP contribution in [0.3, 0.4) is 0 Å². The zero-order valence-corrected chi connectivity index (χ0v) is 5.70. The third-order valence-corrected chi connectivity index (χ3v) is 0.881. The summed E-state index contributed by atoms with van der Waals surface area (Å²) in [6.45, 7) is 0. The van der Waals surface area contributed by atoms with Gasteiger partial charge >= 0.3 is 5.97 Å². The van der Waals surface area contributed by atoms with E-state index in [1.54, 1.807) is 0 Å². The predicted molar refractivity (Wildman–Crippen MR) is 33.3 cm³/mol. The number of hydrogen-bond donors (Lipinski definition) is 1. The maximum atomic E-state index is 10.5. The normalized spacial score (nSPS) is 10.0. The van der Waals surface area contributed by atoms with E-state index < -0.39 is 17.3 Å². The smallest absolute Gasteiger partial charge is 0.345 e. The number of Topliss-reactive ketones (excluding diaryl/α,β-unsaturated/α-hetero) is 1. The van der Waals surface area contributed by atoms with Crippen molar-refractivity contribution in [3.05, 3.63) is 11.8 Å². The van der Waals surface area contributed by atoms with Crippen LogP contribution in [0.15, 0.2) is 11.8 Å². The van der Waals surface area contributed by atoms with E-state index in [9.17, 15) is 9.59 Å². The molecule has 0 aromatic heterocycles. The lowest BCUT2D eigenvalue weighted by Gasteiger charge is -1.95. The maximum absolute atomic E-state index is 10.5. The highest BCUT2D eigenvalue weighted by Crippen LogP contribution is 1.96. The number of rotatable bonds is 2. The van der Waals surface area contributed by atoms with E-state index in [0.717, 1.165) is 13.2 Å². The highest BCUT2D eigenvalue weighted by molar-refractivity contribution is 6.23. The highest BCUT2D eigenvalue weighted by atomic mass is 16.5. The average molecular weight is 155 g/mol. The topological polar surface area (TPSA) is 87.4 Å². The fourth-order valence-corrected chi connectivity index (χ4v) is 0.374. The average Bonchev–Trinajstić information content (AvgIpc) is 2.05. The second-order valence-corrected chi connectivity index (χ2v) is 1.48. The summed E-state index contributed by atoms with van der Waals surface area (Å²) in [4.78, 5) is 21.0. The SMILES string of the molecule is COC(=O)C(=CO)C(=O)C#N. The first-order valence-electron chi connectivity index (χ1n) is 2.54. The molecular formula is C6H5NO4. The summed E-state index contributed by atoms with van der Waals surface area (Å²) in [5, 5.41) is 16.3. The van der Waals surface area contributed by atoms with Gasteiger partial charge in [0.2, 0.25) is 0 Å². The molecular weight excluding hydrogens is 150 g/mol. The van der Waals surface area contributed by atoms with Gasteiger partial charge in [-0.25, -0.2) is 4.79 Å². The number of aliphatic hydroxyl groups is 1. The number of carbonyl (C=O) groups excluding carboxylic acids is 2. The Bertz CT molecular complexity index is 248. The monoisotopic (exact) mass is 155 g/mol. The fraction of sp³-hybridized carbons (Fsp3) is 0.167. The molecule has 0 unspecified atom stereocenters. The molecule has 58 valence electrons. The molecule has 11 heavy (non-hydrogen) atoms. The van der Waals surface area contributed by atoms with E-state index in [4.69, 9.17) is 10.4 Å². The van der Waals surface area contributed by atoms with E-state index in [1.165, 1.54) is 0 Å². The number of hydrogen-bond acceptors (Lipinski definition) is 5. The molecule has 0 saturated carbocycles. The summed E-state index contributed by atoms with van der Waals surface area (Å²) < 4.78 is 4.09. The summed E-state index contributed by atoms with van der Waals surface area (Å²) in [7, 11) is 1.04. The molecule has 5 heteroatoms.